The molecule has 0 aliphatic rings. The summed E-state index contributed by atoms with van der Waals surface area (Å²) in [4.78, 5) is 28.5. The fraction of sp³-hybridized carbons (Fsp3) is 0.300. The van der Waals surface area contributed by atoms with Gasteiger partial charge in [-0.05, 0) is 18.9 Å². The van der Waals surface area contributed by atoms with E-state index in [0.717, 1.165) is 11.3 Å². The van der Waals surface area contributed by atoms with E-state index < -0.39 is 0 Å². The number of nitrogens with zero attached hydrogens (tertiary/aromatic N) is 3. The van der Waals surface area contributed by atoms with Crippen LogP contribution in [-0.2, 0) is 28.9 Å². The predicted octanol–water partition coefficient (Wildman–Crippen LogP) is 3.31. The highest BCUT2D eigenvalue weighted by Gasteiger charge is 2.18. The summed E-state index contributed by atoms with van der Waals surface area (Å²) >= 11 is 1.28. The van der Waals surface area contributed by atoms with E-state index in [-0.39, 0.29) is 18.3 Å². The van der Waals surface area contributed by atoms with Gasteiger partial charge >= 0.3 is 5.97 Å². The molecule has 1 aromatic carbocycles. The van der Waals surface area contributed by atoms with Crippen LogP contribution in [0.3, 0.4) is 0 Å². The molecule has 1 amide bonds. The van der Waals surface area contributed by atoms with Crippen molar-refractivity contribution in [1.82, 2.24) is 14.8 Å². The number of ether oxygens (including phenoxy) is 1. The number of amides is 1. The normalized spacial score (nSPS) is 10.6. The number of carbonyl (C=O) groups is 2. The van der Waals surface area contributed by atoms with E-state index in [1.165, 1.54) is 11.3 Å². The number of hydrogen-bond donors (Lipinski definition) is 1. The summed E-state index contributed by atoms with van der Waals surface area (Å²) in [5.74, 6) is -0.589. The zero-order valence-corrected chi connectivity index (χ0v) is 16.7. The number of hydrogen-bond acceptors (Lipinski definition) is 6. The number of anilines is 1. The average Bonchev–Trinajstić information content (AvgIpc) is 3.29. The van der Waals surface area contributed by atoms with Gasteiger partial charge in [-0.1, -0.05) is 37.3 Å². The molecular weight excluding hydrogens is 376 g/mol. The van der Waals surface area contributed by atoms with E-state index in [4.69, 9.17) is 4.74 Å². The van der Waals surface area contributed by atoms with Gasteiger partial charge in [-0.3, -0.25) is 19.6 Å². The quantitative estimate of drug-likeness (QED) is 0.589. The molecule has 0 saturated heterocycles. The van der Waals surface area contributed by atoms with Gasteiger partial charge in [0.15, 0.2) is 5.13 Å². The highest BCUT2D eigenvalue weighted by atomic mass is 32.1. The molecule has 0 aliphatic heterocycles. The van der Waals surface area contributed by atoms with Crippen LogP contribution in [0.1, 0.15) is 41.2 Å². The first-order valence-corrected chi connectivity index (χ1v) is 9.98. The molecule has 0 aliphatic carbocycles. The fourth-order valence-corrected chi connectivity index (χ4v) is 3.54. The van der Waals surface area contributed by atoms with Crippen LogP contribution in [0, 0.1) is 0 Å². The summed E-state index contributed by atoms with van der Waals surface area (Å²) in [6.45, 7) is 4.70. The molecular formula is C20H22N4O3S. The van der Waals surface area contributed by atoms with Gasteiger partial charge in [0.05, 0.1) is 42.7 Å². The SMILES string of the molecule is CCOC(=O)Cc1csc(NC(=O)c2cnn(Cc3ccccc3)c2CC)n1. The van der Waals surface area contributed by atoms with Gasteiger partial charge in [0.1, 0.15) is 0 Å². The standard InChI is InChI=1S/C20H22N4O3S/c1-3-17-16(11-21-24(17)12-14-8-6-5-7-9-14)19(26)23-20-22-15(13-28-20)10-18(25)27-4-2/h5-9,11,13H,3-4,10,12H2,1-2H3,(H,22,23,26). The van der Waals surface area contributed by atoms with Crippen LogP contribution in [-0.4, -0.2) is 33.2 Å². The number of nitrogens with one attached hydrogen (secondary N) is 1. The molecule has 8 heteroatoms. The van der Waals surface area contributed by atoms with E-state index in [0.29, 0.717) is 36.0 Å². The van der Waals surface area contributed by atoms with E-state index >= 15 is 0 Å². The lowest BCUT2D eigenvalue weighted by molar-refractivity contribution is -0.142. The van der Waals surface area contributed by atoms with Gasteiger partial charge in [0, 0.05) is 5.38 Å². The molecule has 28 heavy (non-hydrogen) atoms. The van der Waals surface area contributed by atoms with E-state index in [1.807, 2.05) is 41.9 Å². The summed E-state index contributed by atoms with van der Waals surface area (Å²) in [7, 11) is 0. The zero-order valence-electron chi connectivity index (χ0n) is 15.8. The highest BCUT2D eigenvalue weighted by molar-refractivity contribution is 7.14. The van der Waals surface area contributed by atoms with E-state index in [2.05, 4.69) is 15.4 Å². The molecule has 3 aromatic rings. The van der Waals surface area contributed by atoms with Gasteiger partial charge in [-0.25, -0.2) is 4.98 Å². The van der Waals surface area contributed by atoms with Crippen molar-refractivity contribution in [3.63, 3.8) is 0 Å². The number of thiazole rings is 1. The van der Waals surface area contributed by atoms with Crippen molar-refractivity contribution in [1.29, 1.82) is 0 Å². The van der Waals surface area contributed by atoms with Crippen LogP contribution in [0.5, 0.6) is 0 Å². The number of aromatic nitrogens is 3. The summed E-state index contributed by atoms with van der Waals surface area (Å²) in [5, 5.41) is 9.38. The van der Waals surface area contributed by atoms with Crippen molar-refractivity contribution in [3.05, 3.63) is 64.4 Å². The van der Waals surface area contributed by atoms with Crippen LogP contribution >= 0.6 is 11.3 Å². The molecule has 0 fully saturated rings. The van der Waals surface area contributed by atoms with Crippen molar-refractivity contribution in [2.24, 2.45) is 0 Å². The van der Waals surface area contributed by atoms with E-state index in [9.17, 15) is 9.59 Å². The average molecular weight is 398 g/mol. The van der Waals surface area contributed by atoms with Crippen LogP contribution < -0.4 is 5.32 Å². The molecule has 0 radical (unpaired) electrons. The van der Waals surface area contributed by atoms with Gasteiger partial charge in [0.2, 0.25) is 0 Å². The first-order chi connectivity index (χ1) is 13.6. The first kappa shape index (κ1) is 19.8. The summed E-state index contributed by atoms with van der Waals surface area (Å²) in [6.07, 6.45) is 2.36. The molecule has 0 saturated carbocycles. The number of benzene rings is 1. The van der Waals surface area contributed by atoms with Crippen LogP contribution in [0.25, 0.3) is 0 Å². The maximum Gasteiger partial charge on any atom is 0.311 e. The van der Waals surface area contributed by atoms with Crippen molar-refractivity contribution in [2.75, 3.05) is 11.9 Å². The molecule has 0 bridgehead atoms. The molecule has 146 valence electrons. The first-order valence-electron chi connectivity index (χ1n) is 9.10. The number of carbonyl (C=O) groups excluding carboxylic acids is 2. The van der Waals surface area contributed by atoms with Crippen LogP contribution in [0.4, 0.5) is 5.13 Å². The molecule has 0 atom stereocenters. The Morgan fingerprint density at radius 1 is 1.21 bits per heavy atom. The monoisotopic (exact) mass is 398 g/mol. The van der Waals surface area contributed by atoms with Crippen molar-refractivity contribution < 1.29 is 14.3 Å². The van der Waals surface area contributed by atoms with Gasteiger partial charge in [-0.15, -0.1) is 11.3 Å². The Hall–Kier alpha value is -3.00. The Bertz CT molecular complexity index is 950. The third-order valence-electron chi connectivity index (χ3n) is 4.11. The van der Waals surface area contributed by atoms with Crippen molar-refractivity contribution in [2.45, 2.75) is 33.2 Å². The molecule has 2 heterocycles. The Labute approximate surface area is 167 Å². The molecule has 7 nitrogen and oxygen atoms in total. The second-order valence-electron chi connectivity index (χ2n) is 6.08. The third-order valence-corrected chi connectivity index (χ3v) is 4.91. The minimum atomic E-state index is -0.332. The van der Waals surface area contributed by atoms with Gasteiger partial charge in [0.25, 0.3) is 5.91 Å². The highest BCUT2D eigenvalue weighted by Crippen LogP contribution is 2.19. The second kappa shape index (κ2) is 9.27. The Morgan fingerprint density at radius 3 is 2.71 bits per heavy atom. The fourth-order valence-electron chi connectivity index (χ4n) is 2.84. The molecule has 3 rings (SSSR count). The van der Waals surface area contributed by atoms with Crippen LogP contribution in [0.2, 0.25) is 0 Å². The van der Waals surface area contributed by atoms with Crippen LogP contribution in [0.15, 0.2) is 41.9 Å². The molecule has 2 aromatic heterocycles. The predicted molar refractivity (Wildman–Crippen MR) is 108 cm³/mol. The lowest BCUT2D eigenvalue weighted by atomic mass is 10.2. The minimum Gasteiger partial charge on any atom is -0.466 e. The maximum atomic E-state index is 12.7. The Kier molecular flexibility index (Phi) is 6.54. The van der Waals surface area contributed by atoms with Gasteiger partial charge < -0.3 is 4.74 Å². The summed E-state index contributed by atoms with van der Waals surface area (Å²) in [6, 6.07) is 9.99. The number of esters is 1. The third kappa shape index (κ3) is 4.83. The molecule has 1 N–H and O–H groups in total. The lowest BCUT2D eigenvalue weighted by Gasteiger charge is -2.08. The van der Waals surface area contributed by atoms with E-state index in [1.54, 1.807) is 18.5 Å². The smallest absolute Gasteiger partial charge is 0.311 e. The van der Waals surface area contributed by atoms with Crippen molar-refractivity contribution in [3.8, 4) is 0 Å². The Balaban J connectivity index is 1.69. The van der Waals surface area contributed by atoms with Crippen molar-refractivity contribution >= 4 is 28.3 Å². The Morgan fingerprint density at radius 2 is 2.00 bits per heavy atom. The molecule has 0 spiro atoms. The van der Waals surface area contributed by atoms with Gasteiger partial charge in [-0.2, -0.15) is 5.10 Å². The largest absolute Gasteiger partial charge is 0.466 e. The maximum absolute atomic E-state index is 12.7. The summed E-state index contributed by atoms with van der Waals surface area (Å²) < 4.78 is 6.76. The molecule has 0 unspecified atom stereocenters. The topological polar surface area (TPSA) is 86.1 Å². The number of rotatable bonds is 8. The summed E-state index contributed by atoms with van der Waals surface area (Å²) in [5.41, 5.74) is 3.09. The zero-order chi connectivity index (χ0) is 19.9. The minimum absolute atomic E-state index is 0.0927. The lowest BCUT2D eigenvalue weighted by Crippen LogP contribution is -2.15. The second-order valence-corrected chi connectivity index (χ2v) is 6.94.